The molecule has 0 radical (unpaired) electrons. The largest absolute Gasteiger partial charge is 0.369 e. The number of hydrazine groups is 2. The van der Waals surface area contributed by atoms with Gasteiger partial charge in [0, 0.05) is 6.54 Å². The van der Waals surface area contributed by atoms with Gasteiger partial charge in [-0.15, -0.1) is 0 Å². The van der Waals surface area contributed by atoms with Crippen molar-refractivity contribution in [3.05, 3.63) is 0 Å². The zero-order valence-corrected chi connectivity index (χ0v) is 7.46. The molecule has 1 rings (SSSR count). The molecule has 0 aliphatic carbocycles. The van der Waals surface area contributed by atoms with E-state index in [0.717, 1.165) is 6.54 Å². The molecule has 8 nitrogen and oxygen atoms in total. The van der Waals surface area contributed by atoms with Crippen molar-refractivity contribution in [2.45, 2.75) is 19.5 Å². The van der Waals surface area contributed by atoms with Gasteiger partial charge in [-0.1, -0.05) is 6.92 Å². The van der Waals surface area contributed by atoms with Crippen molar-refractivity contribution in [2.24, 2.45) is 11.5 Å². The van der Waals surface area contributed by atoms with Crippen LogP contribution in [0.3, 0.4) is 0 Å². The van der Waals surface area contributed by atoms with Gasteiger partial charge >= 0.3 is 0 Å². The van der Waals surface area contributed by atoms with E-state index < -0.39 is 6.29 Å². The second-order valence-electron chi connectivity index (χ2n) is 2.60. The number of nitrogens with one attached hydrogen (secondary N) is 5. The number of nitrogens with two attached hydrogens (primary N) is 2. The quantitative estimate of drug-likeness (QED) is 0.142. The van der Waals surface area contributed by atoms with Crippen molar-refractivity contribution in [3.63, 3.8) is 0 Å². The van der Waals surface area contributed by atoms with E-state index in [0.29, 0.717) is 0 Å². The first kappa shape index (κ1) is 10.2. The molecule has 0 saturated carbocycles. The standard InChI is InChI=1S/C5H16N8/c1-2-9-11-5-10-4(8)13(12-5)3(6)7/h4-5,9-12H,2,8H2,1H3,(H3,6,7). The number of guanidine groups is 1. The van der Waals surface area contributed by atoms with Gasteiger partial charge in [0.25, 0.3) is 0 Å². The van der Waals surface area contributed by atoms with Crippen LogP contribution in [0.25, 0.3) is 0 Å². The smallest absolute Gasteiger partial charge is 0.205 e. The fourth-order valence-corrected chi connectivity index (χ4v) is 0.999. The van der Waals surface area contributed by atoms with Crippen molar-refractivity contribution in [1.82, 2.24) is 26.6 Å². The Balaban J connectivity index is 2.36. The van der Waals surface area contributed by atoms with Gasteiger partial charge < -0.3 is 5.73 Å². The molecule has 2 unspecified atom stereocenters. The summed E-state index contributed by atoms with van der Waals surface area (Å²) >= 11 is 0. The first-order valence-electron chi connectivity index (χ1n) is 4.04. The second-order valence-corrected chi connectivity index (χ2v) is 2.60. The zero-order valence-electron chi connectivity index (χ0n) is 7.46. The summed E-state index contributed by atoms with van der Waals surface area (Å²) in [5.74, 6) is -0.124. The van der Waals surface area contributed by atoms with Crippen molar-refractivity contribution < 1.29 is 0 Å². The van der Waals surface area contributed by atoms with E-state index in [1.54, 1.807) is 0 Å². The van der Waals surface area contributed by atoms with E-state index in [4.69, 9.17) is 16.9 Å². The molecule has 1 fully saturated rings. The highest BCUT2D eigenvalue weighted by Crippen LogP contribution is 1.93. The molecule has 1 saturated heterocycles. The lowest BCUT2D eigenvalue weighted by Gasteiger charge is -2.19. The number of rotatable bonds is 3. The summed E-state index contributed by atoms with van der Waals surface area (Å²) in [6.07, 6.45) is -0.715. The van der Waals surface area contributed by atoms with Gasteiger partial charge in [-0.2, -0.15) is 5.43 Å². The monoisotopic (exact) mass is 188 g/mol. The lowest BCUT2D eigenvalue weighted by atomic mass is 10.7. The summed E-state index contributed by atoms with van der Waals surface area (Å²) in [5.41, 5.74) is 19.5. The Labute approximate surface area is 76.5 Å². The van der Waals surface area contributed by atoms with Crippen LogP contribution in [0.1, 0.15) is 6.92 Å². The van der Waals surface area contributed by atoms with Crippen molar-refractivity contribution in [2.75, 3.05) is 6.54 Å². The third-order valence-corrected chi connectivity index (χ3v) is 1.57. The van der Waals surface area contributed by atoms with Crippen molar-refractivity contribution in [3.8, 4) is 0 Å². The Kier molecular flexibility index (Phi) is 3.39. The van der Waals surface area contributed by atoms with Crippen LogP contribution in [0, 0.1) is 5.41 Å². The van der Waals surface area contributed by atoms with Gasteiger partial charge in [0.15, 0.2) is 6.29 Å². The van der Waals surface area contributed by atoms with Crippen LogP contribution in [-0.2, 0) is 0 Å². The van der Waals surface area contributed by atoms with Gasteiger partial charge in [-0.05, 0) is 0 Å². The summed E-state index contributed by atoms with van der Waals surface area (Å²) in [6.45, 7) is 2.75. The van der Waals surface area contributed by atoms with E-state index in [1.165, 1.54) is 5.01 Å². The molecule has 0 aromatic rings. The molecule has 0 bridgehead atoms. The molecule has 9 N–H and O–H groups in total. The van der Waals surface area contributed by atoms with Crippen molar-refractivity contribution >= 4 is 5.96 Å². The van der Waals surface area contributed by atoms with Gasteiger partial charge in [0.1, 0.15) is 6.29 Å². The average molecular weight is 188 g/mol. The Morgan fingerprint density at radius 3 is 2.85 bits per heavy atom. The van der Waals surface area contributed by atoms with Crippen LogP contribution < -0.4 is 33.1 Å². The Morgan fingerprint density at radius 2 is 2.38 bits per heavy atom. The molecular weight excluding hydrogens is 172 g/mol. The molecule has 0 aromatic heterocycles. The molecule has 1 heterocycles. The summed E-state index contributed by atoms with van der Waals surface area (Å²) in [4.78, 5) is 0. The molecule has 13 heavy (non-hydrogen) atoms. The number of hydrogen-bond donors (Lipinski definition) is 7. The lowest BCUT2D eigenvalue weighted by molar-refractivity contribution is 0.280. The molecule has 1 aliphatic rings. The summed E-state index contributed by atoms with van der Waals surface area (Å²) in [7, 11) is 0. The highest BCUT2D eigenvalue weighted by Gasteiger charge is 2.28. The lowest BCUT2D eigenvalue weighted by Crippen LogP contribution is -2.54. The molecule has 1 aliphatic heterocycles. The molecule has 2 atom stereocenters. The van der Waals surface area contributed by atoms with Gasteiger partial charge in [-0.25, -0.2) is 10.4 Å². The first-order valence-corrected chi connectivity index (χ1v) is 4.04. The molecule has 8 heteroatoms. The predicted molar refractivity (Wildman–Crippen MR) is 48.6 cm³/mol. The highest BCUT2D eigenvalue weighted by atomic mass is 15.8. The van der Waals surface area contributed by atoms with E-state index in [-0.39, 0.29) is 12.2 Å². The number of nitrogens with zero attached hydrogens (tertiary/aromatic N) is 1. The van der Waals surface area contributed by atoms with E-state index in [1.807, 2.05) is 6.92 Å². The Hall–Kier alpha value is -0.930. The van der Waals surface area contributed by atoms with Crippen LogP contribution in [0.5, 0.6) is 0 Å². The van der Waals surface area contributed by atoms with E-state index >= 15 is 0 Å². The van der Waals surface area contributed by atoms with E-state index in [2.05, 4.69) is 21.6 Å². The predicted octanol–water partition coefficient (Wildman–Crippen LogP) is -3.07. The maximum Gasteiger partial charge on any atom is 0.205 e. The Morgan fingerprint density at radius 1 is 1.69 bits per heavy atom. The normalized spacial score (nSPS) is 28.0. The molecule has 0 spiro atoms. The Bertz CT molecular complexity index is 181. The summed E-state index contributed by atoms with van der Waals surface area (Å²) in [5, 5.41) is 11.4. The number of hydrogen-bond acceptors (Lipinski definition) is 6. The van der Waals surface area contributed by atoms with Crippen LogP contribution >= 0.6 is 0 Å². The first-order chi connectivity index (χ1) is 6.15. The average Bonchev–Trinajstić information content (AvgIpc) is 2.43. The molecule has 0 aromatic carbocycles. The van der Waals surface area contributed by atoms with Gasteiger partial charge in [-0.3, -0.25) is 21.9 Å². The topological polar surface area (TPSA) is 127 Å². The minimum Gasteiger partial charge on any atom is -0.369 e. The van der Waals surface area contributed by atoms with Crippen LogP contribution in [0.4, 0.5) is 0 Å². The van der Waals surface area contributed by atoms with Gasteiger partial charge in [0.05, 0.1) is 0 Å². The highest BCUT2D eigenvalue weighted by molar-refractivity contribution is 5.74. The third-order valence-electron chi connectivity index (χ3n) is 1.57. The fourth-order valence-electron chi connectivity index (χ4n) is 0.999. The second kappa shape index (κ2) is 4.35. The fraction of sp³-hybridized carbons (Fsp3) is 0.800. The van der Waals surface area contributed by atoms with Crippen LogP contribution in [0.15, 0.2) is 0 Å². The van der Waals surface area contributed by atoms with Crippen molar-refractivity contribution in [1.29, 1.82) is 5.41 Å². The summed E-state index contributed by atoms with van der Waals surface area (Å²) < 4.78 is 0. The molecule has 0 amide bonds. The SMILES string of the molecule is CCNNC1NC(N)N(C(=N)N)N1. The minimum absolute atomic E-state index is 0.124. The maximum absolute atomic E-state index is 7.16. The minimum atomic E-state index is -0.492. The van der Waals surface area contributed by atoms with Crippen LogP contribution in [-0.4, -0.2) is 30.1 Å². The zero-order chi connectivity index (χ0) is 9.84. The molecular formula is C5H16N8. The third kappa shape index (κ3) is 2.50. The maximum atomic E-state index is 7.16. The molecule has 76 valence electrons. The van der Waals surface area contributed by atoms with Gasteiger partial charge in [0.2, 0.25) is 5.96 Å². The summed E-state index contributed by atoms with van der Waals surface area (Å²) in [6, 6.07) is 0. The van der Waals surface area contributed by atoms with E-state index in [9.17, 15) is 0 Å². The van der Waals surface area contributed by atoms with Crippen LogP contribution in [0.2, 0.25) is 0 Å².